The van der Waals surface area contributed by atoms with Crippen molar-refractivity contribution >= 4 is 23.1 Å². The second-order valence-corrected chi connectivity index (χ2v) is 7.52. The molecule has 0 amide bonds. The monoisotopic (exact) mass is 386 g/mol. The third-order valence-corrected chi connectivity index (χ3v) is 5.32. The molecule has 1 atom stereocenters. The quantitative estimate of drug-likeness (QED) is 0.440. The van der Waals surface area contributed by atoms with Gasteiger partial charge in [0.05, 0.1) is 17.2 Å². The lowest BCUT2D eigenvalue weighted by molar-refractivity contribution is 0.415. The molecule has 26 heavy (non-hydrogen) atoms. The predicted molar refractivity (Wildman–Crippen MR) is 98.2 cm³/mol. The third-order valence-electron chi connectivity index (χ3n) is 3.54. The van der Waals surface area contributed by atoms with Crippen LogP contribution in [0.2, 0.25) is 0 Å². The first kappa shape index (κ1) is 16.8. The molecule has 7 nitrogen and oxygen atoms in total. The van der Waals surface area contributed by atoms with E-state index < -0.39 is 0 Å². The van der Waals surface area contributed by atoms with Gasteiger partial charge in [0, 0.05) is 5.56 Å². The van der Waals surface area contributed by atoms with E-state index in [-0.39, 0.29) is 5.25 Å². The molecule has 0 radical (unpaired) electrons. The number of ether oxygens (including phenoxy) is 1. The Labute approximate surface area is 157 Å². The van der Waals surface area contributed by atoms with E-state index in [1.807, 2.05) is 48.7 Å². The molecule has 0 aliphatic heterocycles. The second-order valence-electron chi connectivity index (χ2n) is 5.28. The minimum Gasteiger partial charge on any atom is -0.497 e. The molecule has 0 aliphatic rings. The Bertz CT molecular complexity index is 980. The van der Waals surface area contributed by atoms with Crippen molar-refractivity contribution in [3.8, 4) is 28.0 Å². The van der Waals surface area contributed by atoms with Gasteiger partial charge in [-0.1, -0.05) is 17.8 Å². The SMILES string of the molecule is COc1ccc(-c2nnc(C(C)Sc3nnc(-c4cccs4)o3)o2)cc1. The third kappa shape index (κ3) is 3.49. The number of nitrogens with zero attached hydrogens (tertiary/aromatic N) is 4. The Hall–Kier alpha value is -2.65. The van der Waals surface area contributed by atoms with Gasteiger partial charge >= 0.3 is 0 Å². The summed E-state index contributed by atoms with van der Waals surface area (Å²) in [7, 11) is 1.63. The van der Waals surface area contributed by atoms with Crippen molar-refractivity contribution in [1.29, 1.82) is 0 Å². The zero-order valence-corrected chi connectivity index (χ0v) is 15.6. The molecule has 3 heterocycles. The molecule has 0 saturated carbocycles. The van der Waals surface area contributed by atoms with E-state index in [0.717, 1.165) is 16.2 Å². The number of hydrogen-bond acceptors (Lipinski definition) is 9. The Kier molecular flexibility index (Phi) is 4.72. The summed E-state index contributed by atoms with van der Waals surface area (Å²) in [6.07, 6.45) is 0. The fourth-order valence-corrected chi connectivity index (χ4v) is 3.57. The van der Waals surface area contributed by atoms with Gasteiger partial charge < -0.3 is 13.6 Å². The summed E-state index contributed by atoms with van der Waals surface area (Å²) in [5.41, 5.74) is 0.833. The van der Waals surface area contributed by atoms with Gasteiger partial charge in [0.2, 0.25) is 11.8 Å². The number of aromatic nitrogens is 4. The van der Waals surface area contributed by atoms with E-state index in [1.165, 1.54) is 11.8 Å². The first-order valence-corrected chi connectivity index (χ1v) is 9.50. The molecule has 0 fully saturated rings. The van der Waals surface area contributed by atoms with Gasteiger partial charge in [-0.15, -0.1) is 31.7 Å². The molecule has 1 aromatic carbocycles. The van der Waals surface area contributed by atoms with E-state index in [2.05, 4.69) is 20.4 Å². The second kappa shape index (κ2) is 7.30. The average molecular weight is 386 g/mol. The summed E-state index contributed by atoms with van der Waals surface area (Å²) < 4.78 is 16.6. The summed E-state index contributed by atoms with van der Waals surface area (Å²) in [5, 5.41) is 18.7. The van der Waals surface area contributed by atoms with Crippen LogP contribution in [0.4, 0.5) is 0 Å². The Morgan fingerprint density at radius 2 is 1.81 bits per heavy atom. The van der Waals surface area contributed by atoms with Crippen molar-refractivity contribution in [1.82, 2.24) is 20.4 Å². The van der Waals surface area contributed by atoms with Crippen molar-refractivity contribution in [2.75, 3.05) is 7.11 Å². The highest BCUT2D eigenvalue weighted by molar-refractivity contribution is 7.99. The summed E-state index contributed by atoms with van der Waals surface area (Å²) >= 11 is 2.93. The fraction of sp³-hybridized carbons (Fsp3) is 0.176. The lowest BCUT2D eigenvalue weighted by Gasteiger charge is -2.02. The normalized spacial score (nSPS) is 12.2. The fourth-order valence-electron chi connectivity index (χ4n) is 2.21. The van der Waals surface area contributed by atoms with Gasteiger partial charge in [0.1, 0.15) is 5.75 Å². The minimum absolute atomic E-state index is 0.119. The summed E-state index contributed by atoms with van der Waals surface area (Å²) in [6.45, 7) is 1.95. The first-order valence-electron chi connectivity index (χ1n) is 7.75. The lowest BCUT2D eigenvalue weighted by Crippen LogP contribution is -1.88. The van der Waals surface area contributed by atoms with Crippen LogP contribution < -0.4 is 4.74 Å². The standard InChI is InChI=1S/C17H14N4O3S2/c1-10(26-17-21-20-16(24-17)13-4-3-9-25-13)14-18-19-15(23-14)11-5-7-12(22-2)8-6-11/h3-10H,1-2H3. The van der Waals surface area contributed by atoms with Gasteiger partial charge in [-0.2, -0.15) is 0 Å². The number of thioether (sulfide) groups is 1. The first-order chi connectivity index (χ1) is 12.7. The van der Waals surface area contributed by atoms with Crippen LogP contribution in [-0.4, -0.2) is 27.5 Å². The molecular formula is C17H14N4O3S2. The highest BCUT2D eigenvalue weighted by Gasteiger charge is 2.20. The number of rotatable bonds is 6. The van der Waals surface area contributed by atoms with Crippen LogP contribution in [0, 0.1) is 0 Å². The predicted octanol–water partition coefficient (Wildman–Crippen LogP) is 4.71. The summed E-state index contributed by atoms with van der Waals surface area (Å²) in [4.78, 5) is 0.941. The molecule has 0 spiro atoms. The van der Waals surface area contributed by atoms with Gasteiger partial charge in [-0.25, -0.2) is 0 Å². The molecular weight excluding hydrogens is 372 g/mol. The summed E-state index contributed by atoms with van der Waals surface area (Å²) in [6, 6.07) is 11.3. The van der Waals surface area contributed by atoms with Crippen LogP contribution in [0.1, 0.15) is 18.1 Å². The maximum absolute atomic E-state index is 5.78. The molecule has 0 aliphatic carbocycles. The number of hydrogen-bond donors (Lipinski definition) is 0. The number of thiophene rings is 1. The Balaban J connectivity index is 1.47. The zero-order valence-electron chi connectivity index (χ0n) is 13.9. The molecule has 0 saturated heterocycles. The smallest absolute Gasteiger partial charge is 0.277 e. The molecule has 132 valence electrons. The minimum atomic E-state index is -0.119. The molecule has 0 bridgehead atoms. The molecule has 4 aromatic rings. The van der Waals surface area contributed by atoms with Crippen LogP contribution in [0.25, 0.3) is 22.2 Å². The van der Waals surface area contributed by atoms with Crippen LogP contribution >= 0.6 is 23.1 Å². The molecule has 9 heteroatoms. The van der Waals surface area contributed by atoms with Crippen molar-refractivity contribution in [3.05, 3.63) is 47.7 Å². The highest BCUT2D eigenvalue weighted by atomic mass is 32.2. The van der Waals surface area contributed by atoms with Crippen molar-refractivity contribution in [2.45, 2.75) is 17.4 Å². The Morgan fingerprint density at radius 3 is 2.54 bits per heavy atom. The lowest BCUT2D eigenvalue weighted by atomic mass is 10.2. The van der Waals surface area contributed by atoms with E-state index in [0.29, 0.717) is 22.9 Å². The van der Waals surface area contributed by atoms with Crippen LogP contribution in [-0.2, 0) is 0 Å². The zero-order chi connectivity index (χ0) is 17.9. The van der Waals surface area contributed by atoms with Gasteiger partial charge in [-0.3, -0.25) is 0 Å². The van der Waals surface area contributed by atoms with Crippen molar-refractivity contribution in [2.24, 2.45) is 0 Å². The van der Waals surface area contributed by atoms with E-state index >= 15 is 0 Å². The maximum Gasteiger partial charge on any atom is 0.277 e. The van der Waals surface area contributed by atoms with Crippen LogP contribution in [0.15, 0.2) is 55.8 Å². The average Bonchev–Trinajstić information content (AvgIpc) is 3.42. The molecule has 4 rings (SSSR count). The van der Waals surface area contributed by atoms with Crippen LogP contribution in [0.5, 0.6) is 5.75 Å². The van der Waals surface area contributed by atoms with Crippen molar-refractivity contribution in [3.63, 3.8) is 0 Å². The maximum atomic E-state index is 5.78. The topological polar surface area (TPSA) is 87.1 Å². The van der Waals surface area contributed by atoms with E-state index in [4.69, 9.17) is 13.6 Å². The van der Waals surface area contributed by atoms with E-state index in [1.54, 1.807) is 18.4 Å². The Morgan fingerprint density at radius 1 is 1.00 bits per heavy atom. The number of methoxy groups -OCH3 is 1. The molecule has 0 N–H and O–H groups in total. The highest BCUT2D eigenvalue weighted by Crippen LogP contribution is 2.36. The number of benzene rings is 1. The largest absolute Gasteiger partial charge is 0.497 e. The summed E-state index contributed by atoms with van der Waals surface area (Å²) in [5.74, 6) is 2.24. The van der Waals surface area contributed by atoms with Gasteiger partial charge in [-0.05, 0) is 42.6 Å². The van der Waals surface area contributed by atoms with E-state index in [9.17, 15) is 0 Å². The van der Waals surface area contributed by atoms with Gasteiger partial charge in [0.15, 0.2) is 0 Å². The van der Waals surface area contributed by atoms with Crippen molar-refractivity contribution < 1.29 is 13.6 Å². The van der Waals surface area contributed by atoms with Gasteiger partial charge in [0.25, 0.3) is 11.1 Å². The molecule has 1 unspecified atom stereocenters. The molecule has 3 aromatic heterocycles. The van der Waals surface area contributed by atoms with Crippen LogP contribution in [0.3, 0.4) is 0 Å².